The van der Waals surface area contributed by atoms with Gasteiger partial charge in [-0.1, -0.05) is 36.4 Å². The Morgan fingerprint density at radius 3 is 2.22 bits per heavy atom. The molecule has 0 aliphatic rings. The third kappa shape index (κ3) is 3.87. The number of carboxylic acids is 1. The van der Waals surface area contributed by atoms with E-state index >= 15 is 0 Å². The van der Waals surface area contributed by atoms with E-state index in [-0.39, 0.29) is 5.57 Å². The summed E-state index contributed by atoms with van der Waals surface area (Å²) in [4.78, 5) is 12.2. The van der Waals surface area contributed by atoms with Gasteiger partial charge in [-0.05, 0) is 47.4 Å². The molecule has 23 heavy (non-hydrogen) atoms. The van der Waals surface area contributed by atoms with Crippen molar-refractivity contribution < 1.29 is 14.6 Å². The van der Waals surface area contributed by atoms with Crippen LogP contribution >= 0.6 is 11.3 Å². The molecule has 3 rings (SSSR count). The van der Waals surface area contributed by atoms with E-state index in [1.165, 1.54) is 11.3 Å². The van der Waals surface area contributed by atoms with E-state index in [2.05, 4.69) is 0 Å². The number of carboxylic acid groups (broad SMARTS) is 1. The topological polar surface area (TPSA) is 46.5 Å². The number of para-hydroxylation sites is 1. The lowest BCUT2D eigenvalue weighted by Gasteiger charge is -2.06. The molecule has 0 atom stereocenters. The van der Waals surface area contributed by atoms with Crippen LogP contribution in [0.3, 0.4) is 0 Å². The molecule has 0 saturated carbocycles. The molecule has 0 amide bonds. The Morgan fingerprint density at radius 2 is 1.61 bits per heavy atom. The van der Waals surface area contributed by atoms with Crippen molar-refractivity contribution >= 4 is 29.0 Å². The molecule has 0 saturated heterocycles. The summed E-state index contributed by atoms with van der Waals surface area (Å²) in [5.41, 5.74) is 1.10. The van der Waals surface area contributed by atoms with Crippen LogP contribution in [0.2, 0.25) is 0 Å². The van der Waals surface area contributed by atoms with Crippen molar-refractivity contribution in [2.24, 2.45) is 0 Å². The van der Waals surface area contributed by atoms with Crippen molar-refractivity contribution in [2.45, 2.75) is 0 Å². The molecule has 3 nitrogen and oxygen atoms in total. The fourth-order valence-electron chi connectivity index (χ4n) is 2.09. The van der Waals surface area contributed by atoms with Crippen LogP contribution in [0.5, 0.6) is 11.5 Å². The fraction of sp³-hybridized carbons (Fsp3) is 0. The second kappa shape index (κ2) is 6.94. The molecule has 1 heterocycles. The maximum atomic E-state index is 11.4. The van der Waals surface area contributed by atoms with Crippen LogP contribution in [0.1, 0.15) is 10.4 Å². The molecule has 0 fully saturated rings. The van der Waals surface area contributed by atoms with E-state index in [1.54, 1.807) is 12.1 Å². The van der Waals surface area contributed by atoms with Gasteiger partial charge in [0.15, 0.2) is 0 Å². The van der Waals surface area contributed by atoms with Crippen LogP contribution in [0.25, 0.3) is 11.6 Å². The molecule has 0 aliphatic carbocycles. The van der Waals surface area contributed by atoms with Gasteiger partial charge in [0.1, 0.15) is 11.5 Å². The number of aliphatic carboxylic acids is 1. The van der Waals surface area contributed by atoms with Crippen LogP contribution in [0.15, 0.2) is 72.1 Å². The molecule has 0 radical (unpaired) electrons. The van der Waals surface area contributed by atoms with E-state index in [0.717, 1.165) is 16.2 Å². The zero-order valence-electron chi connectivity index (χ0n) is 12.2. The lowest BCUT2D eigenvalue weighted by atomic mass is 10.1. The number of carbonyl (C=O) groups is 1. The van der Waals surface area contributed by atoms with E-state index in [4.69, 9.17) is 4.74 Å². The molecular weight excluding hydrogens is 308 g/mol. The Morgan fingerprint density at radius 1 is 0.913 bits per heavy atom. The molecule has 1 aromatic heterocycles. The first-order chi connectivity index (χ1) is 11.2. The molecule has 0 aliphatic heterocycles. The number of hydrogen-bond acceptors (Lipinski definition) is 3. The van der Waals surface area contributed by atoms with E-state index in [1.807, 2.05) is 66.0 Å². The minimum Gasteiger partial charge on any atom is -0.478 e. The average Bonchev–Trinajstić information content (AvgIpc) is 3.09. The maximum Gasteiger partial charge on any atom is 0.337 e. The first kappa shape index (κ1) is 15.1. The summed E-state index contributed by atoms with van der Waals surface area (Å²) in [6.07, 6.45) is 1.67. The van der Waals surface area contributed by atoms with Crippen LogP contribution < -0.4 is 4.74 Å². The van der Waals surface area contributed by atoms with Crippen molar-refractivity contribution in [1.82, 2.24) is 0 Å². The van der Waals surface area contributed by atoms with Gasteiger partial charge < -0.3 is 9.84 Å². The van der Waals surface area contributed by atoms with Gasteiger partial charge in [-0.3, -0.25) is 0 Å². The van der Waals surface area contributed by atoms with Gasteiger partial charge in [0, 0.05) is 4.88 Å². The first-order valence-electron chi connectivity index (χ1n) is 7.04. The average molecular weight is 322 g/mol. The van der Waals surface area contributed by atoms with Crippen LogP contribution in [-0.2, 0) is 4.79 Å². The summed E-state index contributed by atoms with van der Waals surface area (Å²) in [7, 11) is 0. The normalized spacial score (nSPS) is 11.2. The van der Waals surface area contributed by atoms with Gasteiger partial charge in [-0.2, -0.15) is 0 Å². The molecule has 0 spiro atoms. The zero-order valence-corrected chi connectivity index (χ0v) is 13.0. The van der Waals surface area contributed by atoms with Crippen molar-refractivity contribution in [3.8, 4) is 11.5 Å². The highest BCUT2D eigenvalue weighted by Gasteiger charge is 2.11. The first-order valence-corrected chi connectivity index (χ1v) is 7.92. The molecule has 1 N–H and O–H groups in total. The Bertz CT molecular complexity index is 804. The Labute approximate surface area is 138 Å². The highest BCUT2D eigenvalue weighted by molar-refractivity contribution is 7.11. The van der Waals surface area contributed by atoms with Gasteiger partial charge in [0.05, 0.1) is 5.57 Å². The van der Waals surface area contributed by atoms with Crippen LogP contribution in [0, 0.1) is 0 Å². The van der Waals surface area contributed by atoms with Crippen LogP contribution in [0.4, 0.5) is 0 Å². The van der Waals surface area contributed by atoms with E-state index < -0.39 is 5.97 Å². The molecule has 114 valence electrons. The number of benzene rings is 2. The highest BCUT2D eigenvalue weighted by Crippen LogP contribution is 2.25. The van der Waals surface area contributed by atoms with Crippen molar-refractivity contribution in [3.05, 3.63) is 82.6 Å². The standard InChI is InChI=1S/C19H14O3S/c20-19(21)17(18-7-4-12-23-18)13-14-8-10-16(11-9-14)22-15-5-2-1-3-6-15/h1-13H,(H,20,21)/b17-13+. The summed E-state index contributed by atoms with van der Waals surface area (Å²) in [6, 6.07) is 20.5. The predicted molar refractivity (Wildman–Crippen MR) is 92.8 cm³/mol. The lowest BCUT2D eigenvalue weighted by Crippen LogP contribution is -1.97. The van der Waals surface area contributed by atoms with Crippen LogP contribution in [-0.4, -0.2) is 11.1 Å². The summed E-state index contributed by atoms with van der Waals surface area (Å²) in [5.74, 6) is 0.541. The number of hydrogen-bond donors (Lipinski definition) is 1. The van der Waals surface area contributed by atoms with Gasteiger partial charge in [0.25, 0.3) is 0 Å². The van der Waals surface area contributed by atoms with Gasteiger partial charge in [-0.15, -0.1) is 11.3 Å². The Kier molecular flexibility index (Phi) is 4.54. The van der Waals surface area contributed by atoms with Crippen molar-refractivity contribution in [2.75, 3.05) is 0 Å². The zero-order chi connectivity index (χ0) is 16.1. The molecular formula is C19H14O3S. The van der Waals surface area contributed by atoms with Gasteiger partial charge >= 0.3 is 5.97 Å². The van der Waals surface area contributed by atoms with Gasteiger partial charge in [0.2, 0.25) is 0 Å². The van der Waals surface area contributed by atoms with Crippen molar-refractivity contribution in [3.63, 3.8) is 0 Å². The third-order valence-corrected chi connectivity index (χ3v) is 4.09. The summed E-state index contributed by atoms with van der Waals surface area (Å²) in [6.45, 7) is 0. The largest absolute Gasteiger partial charge is 0.478 e. The molecule has 4 heteroatoms. The highest BCUT2D eigenvalue weighted by atomic mass is 32.1. The number of thiophene rings is 1. The minimum absolute atomic E-state index is 0.289. The lowest BCUT2D eigenvalue weighted by molar-refractivity contribution is -0.130. The smallest absolute Gasteiger partial charge is 0.337 e. The Balaban J connectivity index is 1.81. The number of ether oxygens (including phenoxy) is 1. The second-order valence-corrected chi connectivity index (χ2v) is 5.77. The van der Waals surface area contributed by atoms with E-state index in [0.29, 0.717) is 5.75 Å². The third-order valence-electron chi connectivity index (χ3n) is 3.19. The minimum atomic E-state index is -0.933. The summed E-state index contributed by atoms with van der Waals surface area (Å²) >= 11 is 1.41. The summed E-state index contributed by atoms with van der Waals surface area (Å²) in [5, 5.41) is 11.2. The fourth-order valence-corrected chi connectivity index (χ4v) is 2.83. The molecule has 3 aromatic rings. The molecule has 0 bridgehead atoms. The second-order valence-electron chi connectivity index (χ2n) is 4.82. The monoisotopic (exact) mass is 322 g/mol. The van der Waals surface area contributed by atoms with Gasteiger partial charge in [-0.25, -0.2) is 4.79 Å². The van der Waals surface area contributed by atoms with Crippen molar-refractivity contribution in [1.29, 1.82) is 0 Å². The molecule has 0 unspecified atom stereocenters. The van der Waals surface area contributed by atoms with E-state index in [9.17, 15) is 9.90 Å². The predicted octanol–water partition coefficient (Wildman–Crippen LogP) is 5.17. The maximum absolute atomic E-state index is 11.4. The molecule has 2 aromatic carbocycles. The number of rotatable bonds is 5. The summed E-state index contributed by atoms with van der Waals surface area (Å²) < 4.78 is 5.72. The Hall–Kier alpha value is -2.85. The quantitative estimate of drug-likeness (QED) is 0.660. The SMILES string of the molecule is O=C(O)/C(=C/c1ccc(Oc2ccccc2)cc1)c1cccs1.